The summed E-state index contributed by atoms with van der Waals surface area (Å²) in [6.45, 7) is 2.11. The fraction of sp³-hybridized carbons (Fsp3) is 0.435. The number of phenolic OH excluding ortho intramolecular Hbond substituents is 2. The van der Waals surface area contributed by atoms with Crippen LogP contribution in [0, 0.1) is 0 Å². The van der Waals surface area contributed by atoms with E-state index in [9.17, 15) is 35.4 Å². The SMILES string of the molecule is C[C@H](Cc1ccc(O[C@@H]2O[C@H](C(=O)O)[C@@H](O)[C@H](O)[C@H]2O)cc1)NC[C@@H](O)c1cc(O)cc(O)c1. The summed E-state index contributed by atoms with van der Waals surface area (Å²) in [7, 11) is 0. The van der Waals surface area contributed by atoms with Crippen molar-refractivity contribution in [2.75, 3.05) is 6.54 Å². The standard InChI is InChI=1S/C23H29NO10/c1-11(24-10-17(27)13-7-14(25)9-15(26)8-13)6-12-2-4-16(5-3-12)33-23-20(30)18(28)19(29)21(34-23)22(31)32/h2-5,7-9,11,17-21,23-30H,6,10H2,1H3,(H,31,32)/t11-,17-,18+,19+,20-,21+,23-/m1/s1. The smallest absolute Gasteiger partial charge is 0.335 e. The molecule has 186 valence electrons. The van der Waals surface area contributed by atoms with E-state index >= 15 is 0 Å². The van der Waals surface area contributed by atoms with Crippen LogP contribution in [-0.4, -0.2) is 85.0 Å². The zero-order chi connectivity index (χ0) is 25.0. The topological polar surface area (TPSA) is 189 Å². The maximum atomic E-state index is 11.2. The molecule has 11 nitrogen and oxygen atoms in total. The summed E-state index contributed by atoms with van der Waals surface area (Å²) in [6, 6.07) is 10.6. The van der Waals surface area contributed by atoms with Crippen LogP contribution in [0.1, 0.15) is 24.2 Å². The van der Waals surface area contributed by atoms with E-state index in [4.69, 9.17) is 14.6 Å². The molecule has 34 heavy (non-hydrogen) atoms. The summed E-state index contributed by atoms with van der Waals surface area (Å²) in [5.74, 6) is -1.51. The Morgan fingerprint density at radius 2 is 1.65 bits per heavy atom. The number of benzene rings is 2. The third kappa shape index (κ3) is 6.35. The van der Waals surface area contributed by atoms with E-state index < -0.39 is 42.8 Å². The van der Waals surface area contributed by atoms with Gasteiger partial charge in [-0.3, -0.25) is 0 Å². The van der Waals surface area contributed by atoms with E-state index in [1.165, 1.54) is 18.2 Å². The van der Waals surface area contributed by atoms with Crippen LogP contribution in [0.15, 0.2) is 42.5 Å². The molecule has 0 aliphatic carbocycles. The van der Waals surface area contributed by atoms with Crippen molar-refractivity contribution in [1.82, 2.24) is 5.32 Å². The second-order valence-corrected chi connectivity index (χ2v) is 8.31. The van der Waals surface area contributed by atoms with Crippen LogP contribution in [-0.2, 0) is 16.0 Å². The number of carbonyl (C=O) groups is 1. The number of phenols is 2. The molecule has 0 amide bonds. The van der Waals surface area contributed by atoms with Gasteiger partial charge in [0.1, 0.15) is 35.6 Å². The zero-order valence-electron chi connectivity index (χ0n) is 18.4. The van der Waals surface area contributed by atoms with Crippen molar-refractivity contribution in [3.8, 4) is 17.2 Å². The van der Waals surface area contributed by atoms with Gasteiger partial charge in [-0.15, -0.1) is 0 Å². The van der Waals surface area contributed by atoms with Gasteiger partial charge in [0.2, 0.25) is 6.29 Å². The molecule has 3 rings (SSSR count). The summed E-state index contributed by atoms with van der Waals surface area (Å²) < 4.78 is 10.6. The van der Waals surface area contributed by atoms with E-state index in [2.05, 4.69) is 5.32 Å². The van der Waals surface area contributed by atoms with Gasteiger partial charge in [0, 0.05) is 18.7 Å². The van der Waals surface area contributed by atoms with E-state index in [0.29, 0.717) is 12.0 Å². The van der Waals surface area contributed by atoms with Crippen molar-refractivity contribution < 1.29 is 50.0 Å². The van der Waals surface area contributed by atoms with Crippen molar-refractivity contribution in [3.63, 3.8) is 0 Å². The molecule has 1 aliphatic rings. The lowest BCUT2D eigenvalue weighted by molar-refractivity contribution is -0.271. The molecule has 2 aromatic rings. The number of aliphatic hydroxyl groups excluding tert-OH is 4. The van der Waals surface area contributed by atoms with Crippen molar-refractivity contribution in [1.29, 1.82) is 0 Å². The van der Waals surface area contributed by atoms with Crippen LogP contribution < -0.4 is 10.1 Å². The summed E-state index contributed by atoms with van der Waals surface area (Å²) >= 11 is 0. The van der Waals surface area contributed by atoms with Gasteiger partial charge < -0.3 is 50.5 Å². The number of aromatic hydroxyl groups is 2. The molecule has 2 aromatic carbocycles. The Morgan fingerprint density at radius 1 is 1.03 bits per heavy atom. The average Bonchev–Trinajstić information content (AvgIpc) is 2.78. The van der Waals surface area contributed by atoms with Crippen molar-refractivity contribution in [2.24, 2.45) is 0 Å². The minimum Gasteiger partial charge on any atom is -0.508 e. The maximum Gasteiger partial charge on any atom is 0.335 e. The number of hydrogen-bond acceptors (Lipinski definition) is 10. The highest BCUT2D eigenvalue weighted by Crippen LogP contribution is 2.26. The van der Waals surface area contributed by atoms with Gasteiger partial charge in [-0.25, -0.2) is 4.79 Å². The number of carboxylic acid groups (broad SMARTS) is 1. The van der Waals surface area contributed by atoms with Crippen molar-refractivity contribution in [2.45, 2.75) is 56.2 Å². The molecule has 0 spiro atoms. The van der Waals surface area contributed by atoms with E-state index in [0.717, 1.165) is 5.56 Å². The van der Waals surface area contributed by atoms with Gasteiger partial charge >= 0.3 is 5.97 Å². The normalized spacial score (nSPS) is 26.6. The van der Waals surface area contributed by atoms with E-state index in [1.54, 1.807) is 24.3 Å². The molecule has 1 saturated heterocycles. The summed E-state index contributed by atoms with van der Waals surface area (Å²) in [6.07, 6.45) is -8.74. The first-order valence-corrected chi connectivity index (χ1v) is 10.7. The van der Waals surface area contributed by atoms with Crippen molar-refractivity contribution in [3.05, 3.63) is 53.6 Å². The fourth-order valence-corrected chi connectivity index (χ4v) is 3.65. The van der Waals surface area contributed by atoms with Crippen molar-refractivity contribution >= 4 is 5.97 Å². The highest BCUT2D eigenvalue weighted by Gasteiger charge is 2.48. The molecular weight excluding hydrogens is 450 g/mol. The monoisotopic (exact) mass is 479 g/mol. The summed E-state index contributed by atoms with van der Waals surface area (Å²) in [5.41, 5.74) is 1.30. The number of nitrogens with one attached hydrogen (secondary N) is 1. The maximum absolute atomic E-state index is 11.2. The number of hydrogen-bond donors (Lipinski definition) is 8. The fourth-order valence-electron chi connectivity index (χ4n) is 3.65. The average molecular weight is 479 g/mol. The molecule has 0 radical (unpaired) electrons. The Balaban J connectivity index is 1.52. The molecule has 1 fully saturated rings. The number of ether oxygens (including phenoxy) is 2. The number of carboxylic acids is 1. The Kier molecular flexibility index (Phi) is 8.31. The Labute approximate surface area is 195 Å². The van der Waals surface area contributed by atoms with Crippen LogP contribution in [0.4, 0.5) is 0 Å². The van der Waals surface area contributed by atoms with E-state index in [1.807, 2.05) is 6.92 Å². The van der Waals surface area contributed by atoms with Crippen LogP contribution in [0.5, 0.6) is 17.2 Å². The predicted octanol–water partition coefficient (Wildman–Crippen LogP) is -0.377. The predicted molar refractivity (Wildman–Crippen MR) is 117 cm³/mol. The Hall–Kier alpha value is -2.93. The lowest BCUT2D eigenvalue weighted by atomic mass is 9.99. The lowest BCUT2D eigenvalue weighted by Gasteiger charge is -2.38. The van der Waals surface area contributed by atoms with Gasteiger partial charge in [0.15, 0.2) is 6.10 Å². The third-order valence-corrected chi connectivity index (χ3v) is 5.50. The zero-order valence-corrected chi connectivity index (χ0v) is 18.4. The molecule has 8 N–H and O–H groups in total. The second kappa shape index (κ2) is 11.0. The quantitative estimate of drug-likeness (QED) is 0.234. The van der Waals surface area contributed by atoms with Gasteiger partial charge in [-0.2, -0.15) is 0 Å². The Bertz CT molecular complexity index is 948. The van der Waals surface area contributed by atoms with Gasteiger partial charge in [0.05, 0.1) is 6.10 Å². The minimum absolute atomic E-state index is 0.0382. The second-order valence-electron chi connectivity index (χ2n) is 8.31. The largest absolute Gasteiger partial charge is 0.508 e. The highest BCUT2D eigenvalue weighted by molar-refractivity contribution is 5.73. The summed E-state index contributed by atoms with van der Waals surface area (Å²) in [4.78, 5) is 11.2. The molecule has 7 atom stereocenters. The van der Waals surface area contributed by atoms with Gasteiger partial charge in [-0.1, -0.05) is 12.1 Å². The Morgan fingerprint density at radius 3 is 2.24 bits per heavy atom. The minimum atomic E-state index is -1.79. The van der Waals surface area contributed by atoms with Crippen LogP contribution in [0.3, 0.4) is 0 Å². The van der Waals surface area contributed by atoms with Gasteiger partial charge in [-0.05, 0) is 48.7 Å². The molecule has 0 saturated carbocycles. The first-order chi connectivity index (χ1) is 16.0. The lowest BCUT2D eigenvalue weighted by Crippen LogP contribution is -2.61. The molecule has 0 unspecified atom stereocenters. The summed E-state index contributed by atoms with van der Waals surface area (Å²) in [5, 5.41) is 71.3. The molecular formula is C23H29NO10. The molecule has 1 aliphatic heterocycles. The highest BCUT2D eigenvalue weighted by atomic mass is 16.7. The number of aliphatic hydroxyl groups is 4. The third-order valence-electron chi connectivity index (χ3n) is 5.50. The molecule has 11 heteroatoms. The first kappa shape index (κ1) is 25.7. The van der Waals surface area contributed by atoms with Gasteiger partial charge in [0.25, 0.3) is 0 Å². The number of rotatable bonds is 9. The molecule has 0 aromatic heterocycles. The van der Waals surface area contributed by atoms with E-state index in [-0.39, 0.29) is 29.8 Å². The van der Waals surface area contributed by atoms with Crippen LogP contribution in [0.25, 0.3) is 0 Å². The first-order valence-electron chi connectivity index (χ1n) is 10.7. The number of aliphatic carboxylic acids is 1. The van der Waals surface area contributed by atoms with Crippen LogP contribution >= 0.6 is 0 Å². The molecule has 0 bridgehead atoms. The van der Waals surface area contributed by atoms with Crippen LogP contribution in [0.2, 0.25) is 0 Å². The molecule has 1 heterocycles.